The third kappa shape index (κ3) is 15.8. The molecule has 0 saturated carbocycles. The Morgan fingerprint density at radius 1 is 0.718 bits per heavy atom. The Labute approximate surface area is 290 Å². The number of imidazole rings is 4. The van der Waals surface area contributed by atoms with Gasteiger partial charge in [0.1, 0.15) is 0 Å². The molecular weight excluding hydrogens is 640 g/mol. The summed E-state index contributed by atoms with van der Waals surface area (Å²) in [5, 5.41) is 0. The summed E-state index contributed by atoms with van der Waals surface area (Å²) in [6.07, 6.45) is 14.6. The SMILES string of the molecule is C.Cc1ccc(C)cc1.Cn1ccnc1-c1nccn1C.I.N.O.O=CC=O.[H-].[K+].c1c[nH]c(-c2ncc[nH]2)n1. The fourth-order valence-corrected chi connectivity index (χ4v) is 2.59. The first kappa shape index (κ1) is 43.7. The third-order valence-electron chi connectivity index (χ3n) is 4.34. The third-order valence-corrected chi connectivity index (χ3v) is 4.34. The van der Waals surface area contributed by atoms with E-state index in [2.05, 4.69) is 68.0 Å². The van der Waals surface area contributed by atoms with E-state index in [1.54, 1.807) is 37.2 Å². The molecule has 0 atom stereocenters. The van der Waals surface area contributed by atoms with Gasteiger partial charge in [0.2, 0.25) is 0 Å². The molecule has 0 aliphatic rings. The van der Waals surface area contributed by atoms with Crippen molar-refractivity contribution < 1.29 is 67.9 Å². The summed E-state index contributed by atoms with van der Waals surface area (Å²) in [5.41, 5.74) is 2.66. The van der Waals surface area contributed by atoms with Crippen molar-refractivity contribution in [3.63, 3.8) is 0 Å². The van der Waals surface area contributed by atoms with Crippen LogP contribution in [-0.2, 0) is 23.7 Å². The molecule has 0 aliphatic carbocycles. The monoisotopic (exact) mass is 679 g/mol. The zero-order valence-corrected chi connectivity index (χ0v) is 27.7. The van der Waals surface area contributed by atoms with Crippen LogP contribution in [0.5, 0.6) is 0 Å². The first-order chi connectivity index (χ1) is 16.5. The fourth-order valence-electron chi connectivity index (χ4n) is 2.59. The Morgan fingerprint density at radius 2 is 1.05 bits per heavy atom. The van der Waals surface area contributed by atoms with Gasteiger partial charge in [-0.2, -0.15) is 0 Å². The predicted molar refractivity (Wildman–Crippen MR) is 162 cm³/mol. The topological polar surface area (TPSA) is 194 Å². The number of hydrogen-bond acceptors (Lipinski definition) is 7. The molecule has 0 spiro atoms. The van der Waals surface area contributed by atoms with Gasteiger partial charge in [-0.3, -0.25) is 9.59 Å². The van der Waals surface area contributed by atoms with Gasteiger partial charge in [0.25, 0.3) is 0 Å². The number of carbonyl (C=O) groups is 2. The number of H-pyrrole nitrogens is 2. The molecule has 39 heavy (non-hydrogen) atoms. The summed E-state index contributed by atoms with van der Waals surface area (Å²) < 4.78 is 3.89. The largest absolute Gasteiger partial charge is 1.00 e. The number of aromatic amines is 2. The molecule has 0 fully saturated rings. The van der Waals surface area contributed by atoms with Gasteiger partial charge in [0.05, 0.1) is 0 Å². The summed E-state index contributed by atoms with van der Waals surface area (Å²) in [4.78, 5) is 39.9. The van der Waals surface area contributed by atoms with Gasteiger partial charge >= 0.3 is 51.4 Å². The van der Waals surface area contributed by atoms with E-state index < -0.39 is 0 Å². The number of carbonyl (C=O) groups excluding carboxylic acids is 2. The second kappa shape index (κ2) is 24.7. The van der Waals surface area contributed by atoms with Crippen LogP contribution in [0.4, 0.5) is 0 Å². The summed E-state index contributed by atoms with van der Waals surface area (Å²) in [6.45, 7) is 4.19. The van der Waals surface area contributed by atoms with Gasteiger partial charge < -0.3 is 32.2 Å². The van der Waals surface area contributed by atoms with E-state index in [1.807, 2.05) is 35.6 Å². The summed E-state index contributed by atoms with van der Waals surface area (Å²) in [5.74, 6) is 3.32. The number of nitrogens with one attached hydrogen (secondary N) is 2. The summed E-state index contributed by atoms with van der Waals surface area (Å²) in [6, 6.07) is 8.48. The molecule has 1 aromatic carbocycles. The Bertz CT molecular complexity index is 1150. The smallest absolute Gasteiger partial charge is 1.00 e. The number of aromatic nitrogens is 8. The average Bonchev–Trinajstić information content (AvgIpc) is 3.65. The molecule has 14 heteroatoms. The molecule has 7 N–H and O–H groups in total. The second-order valence-electron chi connectivity index (χ2n) is 7.03. The Morgan fingerprint density at radius 3 is 1.26 bits per heavy atom. The number of nitrogens with zero attached hydrogens (tertiary/aromatic N) is 6. The molecule has 0 bridgehead atoms. The molecule has 0 aliphatic heterocycles. The fraction of sp³-hybridized carbons (Fsp3) is 0.200. The van der Waals surface area contributed by atoms with Crippen LogP contribution in [0, 0.1) is 13.8 Å². The number of hydrogen-bond donors (Lipinski definition) is 3. The van der Waals surface area contributed by atoms with Crippen molar-refractivity contribution in [1.29, 1.82) is 0 Å². The van der Waals surface area contributed by atoms with E-state index in [0.29, 0.717) is 0 Å². The van der Waals surface area contributed by atoms with Gasteiger partial charge in [-0.1, -0.05) is 42.8 Å². The Hall–Kier alpha value is -2.31. The zero-order chi connectivity index (χ0) is 24.8. The first-order valence-electron chi connectivity index (χ1n) is 10.3. The molecule has 0 unspecified atom stereocenters. The number of rotatable bonds is 3. The van der Waals surface area contributed by atoms with Crippen LogP contribution in [0.2, 0.25) is 0 Å². The number of aryl methyl sites for hydroxylation is 4. The van der Waals surface area contributed by atoms with Crippen molar-refractivity contribution >= 4 is 36.5 Å². The van der Waals surface area contributed by atoms with E-state index in [0.717, 1.165) is 23.3 Å². The van der Waals surface area contributed by atoms with Crippen LogP contribution in [0.3, 0.4) is 0 Å². The number of aldehydes is 2. The van der Waals surface area contributed by atoms with Crippen LogP contribution in [0.1, 0.15) is 20.0 Å². The normalized spacial score (nSPS) is 8.21. The van der Waals surface area contributed by atoms with Crippen LogP contribution in [0.15, 0.2) is 73.8 Å². The second-order valence-corrected chi connectivity index (χ2v) is 7.03. The maximum atomic E-state index is 8.81. The van der Waals surface area contributed by atoms with Gasteiger partial charge in [-0.05, 0) is 13.8 Å². The Kier molecular flexibility index (Phi) is 27.7. The molecule has 0 radical (unpaired) electrons. The minimum Gasteiger partial charge on any atom is -1.00 e. The van der Waals surface area contributed by atoms with Crippen LogP contribution >= 0.6 is 24.0 Å². The maximum absolute atomic E-state index is 8.81. The van der Waals surface area contributed by atoms with E-state index in [9.17, 15) is 0 Å². The van der Waals surface area contributed by atoms with Gasteiger partial charge in [0, 0.05) is 63.7 Å². The molecule has 5 rings (SSSR count). The molecule has 4 aromatic heterocycles. The van der Waals surface area contributed by atoms with Gasteiger partial charge in [-0.25, -0.2) is 19.9 Å². The molecular formula is C25H39IKN9O3. The molecule has 0 saturated heterocycles. The first-order valence-corrected chi connectivity index (χ1v) is 10.3. The van der Waals surface area contributed by atoms with E-state index in [4.69, 9.17) is 9.59 Å². The van der Waals surface area contributed by atoms with E-state index >= 15 is 0 Å². The molecule has 4 heterocycles. The van der Waals surface area contributed by atoms with Gasteiger partial charge in [0.15, 0.2) is 35.9 Å². The minimum atomic E-state index is 0. The number of halogens is 1. The van der Waals surface area contributed by atoms with Crippen LogP contribution in [-0.4, -0.2) is 57.1 Å². The zero-order valence-electron chi connectivity index (χ0n) is 23.2. The van der Waals surface area contributed by atoms with Crippen molar-refractivity contribution in [2.75, 3.05) is 0 Å². The summed E-state index contributed by atoms with van der Waals surface area (Å²) >= 11 is 0. The molecule has 12 nitrogen and oxygen atoms in total. The van der Waals surface area contributed by atoms with Crippen molar-refractivity contribution in [2.45, 2.75) is 21.3 Å². The molecule has 0 amide bonds. The van der Waals surface area contributed by atoms with Crippen LogP contribution in [0.25, 0.3) is 23.3 Å². The van der Waals surface area contributed by atoms with Crippen molar-refractivity contribution in [2.24, 2.45) is 14.1 Å². The van der Waals surface area contributed by atoms with Gasteiger partial charge in [-0.15, -0.1) is 24.0 Å². The van der Waals surface area contributed by atoms with Crippen molar-refractivity contribution in [3.05, 3.63) is 85.0 Å². The average molecular weight is 680 g/mol. The van der Waals surface area contributed by atoms with E-state index in [-0.39, 0.29) is 108 Å². The predicted octanol–water partition coefficient (Wildman–Crippen LogP) is 1.02. The minimum absolute atomic E-state index is 0. The standard InChI is InChI=1S/C8H10N4.C8H10.C6H6N4.C2H2O2.CH4.HI.K.H3N.H2O.H/c1-11-5-3-9-7(11)8-10-4-6-12(8)2;1-7-3-5-8(2)6-4-7;1-2-8-5(7-1)6-9-3-4-10-6;3-1-2-4;;;;;;/h3-6H,1-2H3;3-6H,1-2H3;1-4H,(H,7,8)(H,9,10);1-2H;1H4;1H;;1H3;1H2;/q;;;;;;+1;;;-1. The van der Waals surface area contributed by atoms with E-state index in [1.165, 1.54) is 11.1 Å². The number of benzene rings is 1. The molecule has 210 valence electrons. The summed E-state index contributed by atoms with van der Waals surface area (Å²) in [7, 11) is 3.91. The van der Waals surface area contributed by atoms with Crippen molar-refractivity contribution in [3.8, 4) is 23.3 Å². The molecule has 5 aromatic rings. The van der Waals surface area contributed by atoms with Crippen LogP contribution < -0.4 is 57.5 Å². The maximum Gasteiger partial charge on any atom is 1.00 e. The van der Waals surface area contributed by atoms with Crippen molar-refractivity contribution in [1.82, 2.24) is 45.2 Å². The Balaban J connectivity index is -0.000000136. The quantitative estimate of drug-likeness (QED) is 0.110.